The average Bonchev–Trinajstić information content (AvgIpc) is 3.36. The summed E-state index contributed by atoms with van der Waals surface area (Å²) in [5.74, 6) is 1.25. The zero-order valence-electron chi connectivity index (χ0n) is 23.1. The first-order valence-electron chi connectivity index (χ1n) is 13.3. The number of benzene rings is 3. The summed E-state index contributed by atoms with van der Waals surface area (Å²) in [6, 6.07) is 25.8. The van der Waals surface area contributed by atoms with Gasteiger partial charge in [-0.05, 0) is 36.5 Å². The van der Waals surface area contributed by atoms with Crippen molar-refractivity contribution in [2.24, 2.45) is 5.92 Å². The lowest BCUT2D eigenvalue weighted by atomic mass is 9.79. The van der Waals surface area contributed by atoms with E-state index in [1.807, 2.05) is 78.9 Å². The Balaban J connectivity index is 1.58. The van der Waals surface area contributed by atoms with E-state index in [-0.39, 0.29) is 18.6 Å². The molecule has 0 unspecified atom stereocenters. The molecule has 2 heterocycles. The minimum absolute atomic E-state index is 0.0839. The highest BCUT2D eigenvalue weighted by Crippen LogP contribution is 2.48. The van der Waals surface area contributed by atoms with Gasteiger partial charge in [0.25, 0.3) is 5.56 Å². The van der Waals surface area contributed by atoms with Crippen molar-refractivity contribution in [1.82, 2.24) is 9.55 Å². The van der Waals surface area contributed by atoms with Crippen molar-refractivity contribution in [1.29, 1.82) is 0 Å². The van der Waals surface area contributed by atoms with E-state index in [0.29, 0.717) is 23.5 Å². The summed E-state index contributed by atoms with van der Waals surface area (Å²) < 4.78 is 26.5. The number of H-pyrrole nitrogens is 1. The van der Waals surface area contributed by atoms with E-state index in [4.69, 9.17) is 18.9 Å². The van der Waals surface area contributed by atoms with Crippen molar-refractivity contribution < 1.29 is 18.9 Å². The minimum Gasteiger partial charge on any atom is -0.493 e. The van der Waals surface area contributed by atoms with Crippen LogP contribution in [0.2, 0.25) is 0 Å². The standard InChI is InChI=1S/C32H34N2O6/c1-21-18-28(34-19-22(2)30(35)33-31(34)36)40-27(21)20-39-32(23-12-7-5-8-13-23,24-14-9-6-10-15-24)25-16-11-17-26(37-3)29(25)38-4/h5-17,19,21,27-28H,18,20H2,1-4H3,(H,33,35,36)/t21-,27+,28+/m0/s1. The molecule has 0 aliphatic carbocycles. The van der Waals surface area contributed by atoms with Crippen LogP contribution in [0.15, 0.2) is 94.6 Å². The van der Waals surface area contributed by atoms with E-state index in [1.54, 1.807) is 27.3 Å². The predicted octanol–water partition coefficient (Wildman–Crippen LogP) is 4.79. The van der Waals surface area contributed by atoms with E-state index < -0.39 is 23.1 Å². The molecule has 4 aromatic rings. The zero-order valence-corrected chi connectivity index (χ0v) is 23.1. The van der Waals surface area contributed by atoms with Crippen molar-refractivity contribution in [3.8, 4) is 11.5 Å². The second-order valence-electron chi connectivity index (χ2n) is 10.1. The van der Waals surface area contributed by atoms with Gasteiger partial charge in [-0.15, -0.1) is 0 Å². The van der Waals surface area contributed by atoms with Gasteiger partial charge < -0.3 is 18.9 Å². The topological polar surface area (TPSA) is 91.8 Å². The molecular formula is C32H34N2O6. The van der Waals surface area contributed by atoms with Crippen molar-refractivity contribution >= 4 is 0 Å². The number of para-hydroxylation sites is 1. The quantitative estimate of drug-likeness (QED) is 0.306. The smallest absolute Gasteiger partial charge is 0.330 e. The number of hydrogen-bond donors (Lipinski definition) is 1. The SMILES string of the molecule is COc1cccc(C(OC[C@H]2O[C@@H](n3cc(C)c(=O)[nH]c3=O)C[C@@H]2C)(c2ccccc2)c2ccccc2)c1OC. The molecule has 3 atom stereocenters. The number of methoxy groups -OCH3 is 2. The Labute approximate surface area is 233 Å². The first-order valence-corrected chi connectivity index (χ1v) is 13.3. The van der Waals surface area contributed by atoms with E-state index in [9.17, 15) is 9.59 Å². The second kappa shape index (κ2) is 11.5. The minimum atomic E-state index is -1.06. The van der Waals surface area contributed by atoms with Crippen LogP contribution >= 0.6 is 0 Å². The predicted molar refractivity (Wildman–Crippen MR) is 152 cm³/mol. The maximum atomic E-state index is 12.6. The molecule has 8 nitrogen and oxygen atoms in total. The highest BCUT2D eigenvalue weighted by atomic mass is 16.6. The molecular weight excluding hydrogens is 508 g/mol. The molecule has 0 amide bonds. The van der Waals surface area contributed by atoms with Gasteiger partial charge in [-0.2, -0.15) is 0 Å². The highest BCUT2D eigenvalue weighted by molar-refractivity contribution is 5.57. The van der Waals surface area contributed by atoms with Crippen LogP contribution in [-0.4, -0.2) is 36.5 Å². The number of ether oxygens (including phenoxy) is 4. The Bertz CT molecular complexity index is 1520. The summed E-state index contributed by atoms with van der Waals surface area (Å²) in [6.45, 7) is 3.98. The van der Waals surface area contributed by atoms with Crippen molar-refractivity contribution in [2.75, 3.05) is 20.8 Å². The molecule has 3 aromatic carbocycles. The van der Waals surface area contributed by atoms with Gasteiger partial charge in [0.1, 0.15) is 11.8 Å². The Hall–Kier alpha value is -4.14. The Morgan fingerprint density at radius 3 is 2.17 bits per heavy atom. The first kappa shape index (κ1) is 27.4. The summed E-state index contributed by atoms with van der Waals surface area (Å²) in [6.07, 6.45) is 1.33. The molecule has 1 fully saturated rings. The third-order valence-electron chi connectivity index (χ3n) is 7.60. The van der Waals surface area contributed by atoms with Crippen LogP contribution in [0.25, 0.3) is 0 Å². The second-order valence-corrected chi connectivity index (χ2v) is 10.1. The fourth-order valence-electron chi connectivity index (χ4n) is 5.48. The van der Waals surface area contributed by atoms with E-state index >= 15 is 0 Å². The van der Waals surface area contributed by atoms with E-state index in [2.05, 4.69) is 11.9 Å². The number of aromatic nitrogens is 2. The maximum Gasteiger partial charge on any atom is 0.330 e. The molecule has 0 spiro atoms. The van der Waals surface area contributed by atoms with Crippen LogP contribution in [0.4, 0.5) is 0 Å². The maximum absolute atomic E-state index is 12.6. The van der Waals surface area contributed by atoms with Gasteiger partial charge in [0.2, 0.25) is 0 Å². The number of rotatable bonds is 9. The molecule has 40 heavy (non-hydrogen) atoms. The van der Waals surface area contributed by atoms with Gasteiger partial charge in [0.05, 0.1) is 26.9 Å². The van der Waals surface area contributed by atoms with Crippen LogP contribution in [0.5, 0.6) is 11.5 Å². The third-order valence-corrected chi connectivity index (χ3v) is 7.60. The lowest BCUT2D eigenvalue weighted by Gasteiger charge is -2.38. The van der Waals surface area contributed by atoms with E-state index in [1.165, 1.54) is 4.57 Å². The monoisotopic (exact) mass is 542 g/mol. The van der Waals surface area contributed by atoms with Crippen molar-refractivity contribution in [3.63, 3.8) is 0 Å². The molecule has 5 rings (SSSR count). The summed E-state index contributed by atoms with van der Waals surface area (Å²) in [5, 5.41) is 0. The number of hydrogen-bond acceptors (Lipinski definition) is 6. The summed E-state index contributed by atoms with van der Waals surface area (Å²) in [7, 11) is 3.24. The molecule has 8 heteroatoms. The van der Waals surface area contributed by atoms with Crippen molar-refractivity contribution in [2.45, 2.75) is 38.2 Å². The average molecular weight is 543 g/mol. The molecule has 1 N–H and O–H groups in total. The van der Waals surface area contributed by atoms with Crippen LogP contribution < -0.4 is 20.7 Å². The Morgan fingerprint density at radius 2 is 1.57 bits per heavy atom. The highest BCUT2D eigenvalue weighted by Gasteiger charge is 2.43. The Morgan fingerprint density at radius 1 is 0.925 bits per heavy atom. The summed E-state index contributed by atoms with van der Waals surface area (Å²) in [4.78, 5) is 26.8. The van der Waals surface area contributed by atoms with Gasteiger partial charge in [-0.1, -0.05) is 79.7 Å². The fourth-order valence-corrected chi connectivity index (χ4v) is 5.48. The van der Waals surface area contributed by atoms with Crippen LogP contribution in [-0.2, 0) is 15.1 Å². The number of nitrogens with one attached hydrogen (secondary N) is 1. The molecule has 0 saturated carbocycles. The van der Waals surface area contributed by atoms with Gasteiger partial charge >= 0.3 is 5.69 Å². The number of aryl methyl sites for hydroxylation is 1. The van der Waals surface area contributed by atoms with E-state index in [0.717, 1.165) is 16.7 Å². The summed E-state index contributed by atoms with van der Waals surface area (Å²) >= 11 is 0. The van der Waals surface area contributed by atoms with Gasteiger partial charge in [0, 0.05) is 17.3 Å². The fraction of sp³-hybridized carbons (Fsp3) is 0.312. The zero-order chi connectivity index (χ0) is 28.3. The third kappa shape index (κ3) is 4.96. The molecule has 1 saturated heterocycles. The largest absolute Gasteiger partial charge is 0.493 e. The Kier molecular flexibility index (Phi) is 7.91. The van der Waals surface area contributed by atoms with Gasteiger partial charge in [0.15, 0.2) is 11.5 Å². The van der Waals surface area contributed by atoms with Crippen LogP contribution in [0, 0.1) is 12.8 Å². The molecule has 208 valence electrons. The summed E-state index contributed by atoms with van der Waals surface area (Å²) in [5.41, 5.74) is 1.14. The first-order chi connectivity index (χ1) is 19.4. The molecule has 0 bridgehead atoms. The van der Waals surface area contributed by atoms with Crippen LogP contribution in [0.1, 0.15) is 41.8 Å². The normalized spacial score (nSPS) is 18.9. The van der Waals surface area contributed by atoms with Gasteiger partial charge in [-0.3, -0.25) is 14.3 Å². The van der Waals surface area contributed by atoms with Crippen molar-refractivity contribution in [3.05, 3.63) is 128 Å². The number of nitrogens with zero attached hydrogens (tertiary/aromatic N) is 1. The number of aromatic amines is 1. The lowest BCUT2D eigenvalue weighted by Crippen LogP contribution is -2.37. The molecule has 1 aromatic heterocycles. The molecule has 1 aliphatic rings. The van der Waals surface area contributed by atoms with Crippen LogP contribution in [0.3, 0.4) is 0 Å². The lowest BCUT2D eigenvalue weighted by molar-refractivity contribution is -0.0841. The molecule has 1 aliphatic heterocycles. The van der Waals surface area contributed by atoms with Gasteiger partial charge in [-0.25, -0.2) is 4.79 Å². The molecule has 0 radical (unpaired) electrons.